The molecule has 0 bridgehead atoms. The molecule has 0 radical (unpaired) electrons. The van der Waals surface area contributed by atoms with E-state index in [-0.39, 0.29) is 29.2 Å². The molecule has 1 aliphatic heterocycles. The van der Waals surface area contributed by atoms with Crippen LogP contribution in [-0.2, 0) is 11.0 Å². The summed E-state index contributed by atoms with van der Waals surface area (Å²) >= 11 is 0. The highest BCUT2D eigenvalue weighted by Crippen LogP contribution is 2.37. The van der Waals surface area contributed by atoms with Crippen molar-refractivity contribution in [2.24, 2.45) is 5.41 Å². The van der Waals surface area contributed by atoms with Crippen LogP contribution in [0.5, 0.6) is 5.75 Å². The number of alkyl halides is 3. The number of likely N-dealkylation sites (tertiary alicyclic amines) is 1. The van der Waals surface area contributed by atoms with E-state index in [1.165, 1.54) is 17.0 Å². The van der Waals surface area contributed by atoms with E-state index >= 15 is 0 Å². The number of carbonyl (C=O) groups is 2. The molecule has 2 unspecified atom stereocenters. The van der Waals surface area contributed by atoms with Crippen molar-refractivity contribution in [3.8, 4) is 5.75 Å². The molecule has 4 N–H and O–H groups in total. The van der Waals surface area contributed by atoms with Crippen LogP contribution < -0.4 is 20.7 Å². The average molecular weight is 599 g/mol. The highest BCUT2D eigenvalue weighted by atomic mass is 19.4. The highest BCUT2D eigenvalue weighted by Gasteiger charge is 2.39. The molecule has 43 heavy (non-hydrogen) atoms. The van der Waals surface area contributed by atoms with E-state index in [1.807, 2.05) is 20.8 Å². The molecule has 2 amide bonds. The molecule has 2 aromatic carbocycles. The van der Waals surface area contributed by atoms with Crippen LogP contribution >= 0.6 is 0 Å². The van der Waals surface area contributed by atoms with Gasteiger partial charge >= 0.3 is 12.3 Å². The Kier molecular flexibility index (Phi) is 9.12. The van der Waals surface area contributed by atoms with Crippen LogP contribution in [0.2, 0.25) is 0 Å². The fraction of sp³-hybridized carbons (Fsp3) is 0.333. The van der Waals surface area contributed by atoms with E-state index in [9.17, 15) is 27.9 Å². The summed E-state index contributed by atoms with van der Waals surface area (Å²) in [5, 5.41) is 17.8. The lowest BCUT2D eigenvalue weighted by molar-refractivity contribution is -0.137. The highest BCUT2D eigenvalue weighted by molar-refractivity contribution is 5.99. The number of amides is 2. The smallest absolute Gasteiger partial charge is 0.421 e. The number of halogens is 3. The first kappa shape index (κ1) is 31.1. The molecule has 1 fully saturated rings. The quantitative estimate of drug-likeness (QED) is 0.203. The average Bonchev–Trinajstić information content (AvgIpc) is 2.92. The monoisotopic (exact) mass is 598 g/mol. The Morgan fingerprint density at radius 1 is 1.07 bits per heavy atom. The molecule has 1 saturated heterocycles. The number of rotatable bonds is 8. The molecule has 4 rings (SSSR count). The van der Waals surface area contributed by atoms with E-state index in [0.29, 0.717) is 42.7 Å². The maximum atomic E-state index is 13.8. The summed E-state index contributed by atoms with van der Waals surface area (Å²) in [6.45, 7) is 9.70. The van der Waals surface area contributed by atoms with Crippen molar-refractivity contribution in [1.82, 2.24) is 14.9 Å². The molecule has 0 saturated carbocycles. The van der Waals surface area contributed by atoms with Crippen molar-refractivity contribution in [1.29, 1.82) is 0 Å². The summed E-state index contributed by atoms with van der Waals surface area (Å²) in [7, 11) is 0. The molecule has 10 nitrogen and oxygen atoms in total. The summed E-state index contributed by atoms with van der Waals surface area (Å²) in [6.07, 6.45) is -3.11. The number of nitrogens with zero attached hydrogens (tertiary/aromatic N) is 3. The zero-order valence-electron chi connectivity index (χ0n) is 23.9. The Morgan fingerprint density at radius 3 is 2.40 bits per heavy atom. The predicted octanol–water partition coefficient (Wildman–Crippen LogP) is 7.04. The van der Waals surface area contributed by atoms with Gasteiger partial charge in [-0.3, -0.25) is 4.79 Å². The van der Waals surface area contributed by atoms with E-state index in [4.69, 9.17) is 4.74 Å². The van der Waals surface area contributed by atoms with Gasteiger partial charge in [-0.25, -0.2) is 9.78 Å². The van der Waals surface area contributed by atoms with E-state index in [1.54, 1.807) is 36.4 Å². The van der Waals surface area contributed by atoms with Gasteiger partial charge in [0.25, 0.3) is 0 Å². The Balaban J connectivity index is 1.52. The number of ether oxygens (including phenoxy) is 1. The molecule has 2 atom stereocenters. The SMILES string of the molecule is C=CC(=O)Nc1cccc(Nc2nc(Nc3cccc(OC4CCN(C(=O)O)C(C(C)(C)C)C4)c3)ncc2C(F)(F)F)c1. The van der Waals surface area contributed by atoms with Crippen LogP contribution in [0.4, 0.5) is 46.8 Å². The normalized spacial score (nSPS) is 17.1. The molecule has 228 valence electrons. The predicted molar refractivity (Wildman–Crippen MR) is 157 cm³/mol. The van der Waals surface area contributed by atoms with Gasteiger partial charge in [-0.05, 0) is 41.8 Å². The Hall–Kier alpha value is -4.81. The van der Waals surface area contributed by atoms with Crippen LogP contribution in [0.3, 0.4) is 0 Å². The topological polar surface area (TPSA) is 129 Å². The summed E-state index contributed by atoms with van der Waals surface area (Å²) in [5.74, 6) is -0.531. The summed E-state index contributed by atoms with van der Waals surface area (Å²) < 4.78 is 47.6. The first-order valence-electron chi connectivity index (χ1n) is 13.5. The van der Waals surface area contributed by atoms with E-state index in [0.717, 1.165) is 6.08 Å². The first-order valence-corrected chi connectivity index (χ1v) is 13.5. The van der Waals surface area contributed by atoms with Gasteiger partial charge in [0, 0.05) is 54.8 Å². The lowest BCUT2D eigenvalue weighted by atomic mass is 9.80. The molecule has 0 spiro atoms. The third kappa shape index (κ3) is 8.15. The molecular formula is C30H33F3N6O4. The van der Waals surface area contributed by atoms with Gasteiger partial charge in [-0.15, -0.1) is 0 Å². The second-order valence-electron chi connectivity index (χ2n) is 11.1. The van der Waals surface area contributed by atoms with Crippen LogP contribution in [0.15, 0.2) is 67.4 Å². The maximum Gasteiger partial charge on any atom is 0.421 e. The Labute approximate surface area is 247 Å². The maximum absolute atomic E-state index is 13.8. The van der Waals surface area contributed by atoms with Crippen molar-refractivity contribution in [3.05, 3.63) is 72.9 Å². The van der Waals surface area contributed by atoms with Gasteiger partial charge in [-0.2, -0.15) is 18.2 Å². The number of hydrogen-bond donors (Lipinski definition) is 4. The van der Waals surface area contributed by atoms with Gasteiger partial charge in [0.2, 0.25) is 11.9 Å². The molecule has 3 aromatic rings. The zero-order valence-corrected chi connectivity index (χ0v) is 23.9. The number of piperidine rings is 1. The summed E-state index contributed by atoms with van der Waals surface area (Å²) in [4.78, 5) is 32.8. The molecule has 2 heterocycles. The van der Waals surface area contributed by atoms with Crippen molar-refractivity contribution in [2.75, 3.05) is 22.5 Å². The lowest BCUT2D eigenvalue weighted by Gasteiger charge is -2.44. The van der Waals surface area contributed by atoms with Gasteiger partial charge in [0.05, 0.1) is 0 Å². The van der Waals surface area contributed by atoms with Crippen molar-refractivity contribution in [3.63, 3.8) is 0 Å². The minimum absolute atomic E-state index is 0.0914. The van der Waals surface area contributed by atoms with Crippen molar-refractivity contribution >= 4 is 40.8 Å². The first-order chi connectivity index (χ1) is 20.2. The second-order valence-corrected chi connectivity index (χ2v) is 11.1. The van der Waals surface area contributed by atoms with Crippen LogP contribution in [0.25, 0.3) is 0 Å². The molecule has 1 aromatic heterocycles. The van der Waals surface area contributed by atoms with Gasteiger partial charge in [0.15, 0.2) is 0 Å². The Bertz CT molecular complexity index is 1490. The third-order valence-electron chi connectivity index (χ3n) is 6.87. The van der Waals surface area contributed by atoms with Crippen LogP contribution in [-0.4, -0.2) is 50.7 Å². The fourth-order valence-corrected chi connectivity index (χ4v) is 4.81. The lowest BCUT2D eigenvalue weighted by Crippen LogP contribution is -2.53. The summed E-state index contributed by atoms with van der Waals surface area (Å²) in [6, 6.07) is 12.8. The van der Waals surface area contributed by atoms with Crippen molar-refractivity contribution in [2.45, 2.75) is 51.9 Å². The van der Waals surface area contributed by atoms with Crippen molar-refractivity contribution < 1.29 is 32.6 Å². The summed E-state index contributed by atoms with van der Waals surface area (Å²) in [5.41, 5.74) is -0.259. The van der Waals surface area contributed by atoms with Gasteiger partial charge < -0.3 is 30.7 Å². The van der Waals surface area contributed by atoms with E-state index < -0.39 is 29.6 Å². The zero-order chi connectivity index (χ0) is 31.4. The second kappa shape index (κ2) is 12.6. The minimum atomic E-state index is -4.73. The number of benzene rings is 2. The fourth-order valence-electron chi connectivity index (χ4n) is 4.81. The van der Waals surface area contributed by atoms with E-state index in [2.05, 4.69) is 32.5 Å². The minimum Gasteiger partial charge on any atom is -0.490 e. The standard InChI is InChI=1S/C30H33F3N6O4/c1-5-25(40)35-18-8-6-9-19(14-18)36-26-23(30(31,32)33)17-34-27(38-26)37-20-10-7-11-21(15-20)43-22-12-13-39(28(41)42)24(16-22)29(2,3)4/h5-11,14-15,17,22,24H,1,12-13,16H2,2-4H3,(H,35,40)(H,41,42)(H2,34,36,37,38). The number of nitrogens with one attached hydrogen (secondary N) is 3. The molecule has 1 aliphatic rings. The molecular weight excluding hydrogens is 565 g/mol. The largest absolute Gasteiger partial charge is 0.490 e. The number of aromatic nitrogens is 2. The van der Waals surface area contributed by atoms with Gasteiger partial charge in [-0.1, -0.05) is 39.5 Å². The van der Waals surface area contributed by atoms with Crippen LogP contribution in [0, 0.1) is 5.41 Å². The third-order valence-corrected chi connectivity index (χ3v) is 6.87. The van der Waals surface area contributed by atoms with Gasteiger partial charge in [0.1, 0.15) is 23.2 Å². The Morgan fingerprint density at radius 2 is 1.74 bits per heavy atom. The van der Waals surface area contributed by atoms with Crippen LogP contribution in [0.1, 0.15) is 39.2 Å². The number of anilines is 5. The molecule has 13 heteroatoms. The number of carbonyl (C=O) groups excluding carboxylic acids is 1. The molecule has 0 aliphatic carbocycles. The number of carboxylic acid groups (broad SMARTS) is 1. The number of hydrogen-bond acceptors (Lipinski definition) is 7.